The second kappa shape index (κ2) is 19.1. The van der Waals surface area contributed by atoms with E-state index in [1.807, 2.05) is 48.7 Å². The first kappa shape index (κ1) is 37.6. The van der Waals surface area contributed by atoms with Gasteiger partial charge in [-0.05, 0) is 124 Å². The van der Waals surface area contributed by atoms with Crippen molar-refractivity contribution in [3.63, 3.8) is 0 Å². The minimum Gasteiger partial charge on any atom is -0.510 e. The molecular formula is C72H60N4OPt-2. The summed E-state index contributed by atoms with van der Waals surface area (Å²) in [5, 5.41) is 1.94. The summed E-state index contributed by atoms with van der Waals surface area (Å²) in [6, 6.07) is 35.7. The van der Waals surface area contributed by atoms with Crippen molar-refractivity contribution in [2.45, 2.75) is 78.6 Å². The Morgan fingerprint density at radius 2 is 1.09 bits per heavy atom. The number of hydrogen-bond acceptors (Lipinski definition) is 2. The van der Waals surface area contributed by atoms with Crippen LogP contribution in [-0.4, -0.2) is 14.1 Å². The second-order valence-corrected chi connectivity index (χ2v) is 22.8. The molecule has 0 spiro atoms. The van der Waals surface area contributed by atoms with E-state index in [-0.39, 0.29) is 98.8 Å². The minimum atomic E-state index is -0.656. The molecule has 0 N–H and O–H groups in total. The van der Waals surface area contributed by atoms with E-state index in [1.165, 1.54) is 0 Å². The number of benzene rings is 9. The summed E-state index contributed by atoms with van der Waals surface area (Å²) >= 11 is 0. The Balaban J connectivity index is 0.00000800. The Morgan fingerprint density at radius 1 is 0.487 bits per heavy atom. The first-order chi connectivity index (χ1) is 42.5. The number of fused-ring (bicyclic) bond motifs is 10. The van der Waals surface area contributed by atoms with Gasteiger partial charge in [-0.15, -0.1) is 29.7 Å². The monoisotopic (exact) mass is 1200 g/mol. The van der Waals surface area contributed by atoms with Crippen LogP contribution in [0.15, 0.2) is 200 Å². The van der Waals surface area contributed by atoms with Crippen molar-refractivity contribution in [1.82, 2.24) is 14.1 Å². The molecule has 4 heterocycles. The van der Waals surface area contributed by atoms with Crippen molar-refractivity contribution in [2.75, 3.05) is 0 Å². The number of rotatable bonds is 6. The smallest absolute Gasteiger partial charge is 0.268 e. The molecule has 3 aromatic heterocycles. The number of hydrogen-bond donors (Lipinski definition) is 0. The third-order valence-corrected chi connectivity index (χ3v) is 14.6. The van der Waals surface area contributed by atoms with Crippen molar-refractivity contribution in [1.29, 1.82) is 0 Å². The zero-order valence-corrected chi connectivity index (χ0v) is 46.8. The third kappa shape index (κ3) is 8.79. The third-order valence-electron chi connectivity index (χ3n) is 14.6. The summed E-state index contributed by atoms with van der Waals surface area (Å²) in [6.07, 6.45) is 5.40. The molecule has 0 saturated carbocycles. The van der Waals surface area contributed by atoms with Gasteiger partial charge in [0.2, 0.25) is 0 Å². The van der Waals surface area contributed by atoms with Crippen LogP contribution in [0.5, 0.6) is 11.5 Å². The normalized spacial score (nSPS) is 14.7. The fourth-order valence-corrected chi connectivity index (χ4v) is 10.5. The fourth-order valence-electron chi connectivity index (χ4n) is 10.5. The van der Waals surface area contributed by atoms with Gasteiger partial charge < -0.3 is 13.9 Å². The quantitative estimate of drug-likeness (QED) is 0.123. The molecule has 0 amide bonds. The Bertz CT molecular complexity index is 5050. The van der Waals surface area contributed by atoms with E-state index in [2.05, 4.69) is 122 Å². The molecule has 0 atom stereocenters. The van der Waals surface area contributed by atoms with Crippen molar-refractivity contribution in [3.05, 3.63) is 235 Å². The maximum absolute atomic E-state index is 10.0. The van der Waals surface area contributed by atoms with Gasteiger partial charge in [0.1, 0.15) is 5.82 Å². The molecule has 1 aliphatic rings. The topological polar surface area (TPSA) is 35.9 Å². The van der Waals surface area contributed by atoms with Crippen LogP contribution in [0.25, 0.3) is 106 Å². The van der Waals surface area contributed by atoms with E-state index >= 15 is 0 Å². The summed E-state index contributed by atoms with van der Waals surface area (Å²) in [5.41, 5.74) is 5.89. The number of imidazole rings is 1. The van der Waals surface area contributed by atoms with Crippen LogP contribution in [0.3, 0.4) is 0 Å². The molecule has 0 fully saturated rings. The minimum absolute atomic E-state index is 0. The molecule has 0 unspecified atom stereocenters. The average Bonchev–Trinajstić information content (AvgIpc) is 1.63. The predicted molar refractivity (Wildman–Crippen MR) is 317 cm³/mol. The molecule has 0 saturated heterocycles. The summed E-state index contributed by atoms with van der Waals surface area (Å²) in [4.78, 5) is 4.86. The average molecular weight is 1210 g/mol. The van der Waals surface area contributed by atoms with Gasteiger partial charge in [0, 0.05) is 44.3 Å². The Labute approximate surface area is 491 Å². The number of para-hydroxylation sites is 2. The number of ether oxygens (including phenoxy) is 1. The van der Waals surface area contributed by atoms with Crippen molar-refractivity contribution < 1.29 is 48.2 Å². The molecule has 0 aliphatic carbocycles. The van der Waals surface area contributed by atoms with E-state index < -0.39 is 78.6 Å². The van der Waals surface area contributed by atoms with E-state index in [1.54, 1.807) is 45.5 Å². The zero-order chi connectivity index (χ0) is 64.3. The zero-order valence-electron chi connectivity index (χ0n) is 57.6. The molecule has 5 nitrogen and oxygen atoms in total. The van der Waals surface area contributed by atoms with E-state index in [9.17, 15) is 12.3 Å². The van der Waals surface area contributed by atoms with Crippen LogP contribution in [0.2, 0.25) is 0 Å². The molecule has 12 aromatic rings. The van der Waals surface area contributed by atoms with Crippen LogP contribution >= 0.6 is 0 Å². The van der Waals surface area contributed by atoms with Gasteiger partial charge >= 0.3 is 0 Å². The SMILES string of the molecule is [2H]c1c([2H])c([2H])c(-c2cccc3c2-[n+]2[c-]n(-c4[c-]c(Oc5[c-]c6c(cc5)c5ccccc5n6-c5cc(C(C)(C)C)ccn5)ccc4)c4cc(-c5cc(C(C)(C)C)cc(C(C)(C)C)c5)cc(c42)-c2c([2H])c([2H])c([2H])c([2H])c2-c2c([2H])c([2H])c([2H])c([2H])c2-3)c([2H])c1[2H].[Pt]. The molecular weight excluding hydrogens is 1130 g/mol. The molecule has 6 heteroatoms. The standard InChI is InChI=1S/C72H60N4O.Pt/c1-70(2,3)49-35-36-73-67(42-49)76-64-32-18-17-29-60(64)61-34-33-54(44-65(61)76)77-53-24-19-23-52(43-53)74-45-75-68-55(46-21-11-10-12-22-46)30-20-31-62(68)58-27-15-13-25-56(58)57-26-14-16-28-59(57)63-39-48(40-66(74)69(63)75)47-37-50(71(4,5)6)41-51(38-47)72(7,8)9;/h10-42H,1-9H3;/q-2;/i10D,11D,12D,13D,14D,15D,16D,21D,22D,25D,26D,27D,28D;. The first-order valence-electron chi connectivity index (χ1n) is 32.2. The van der Waals surface area contributed by atoms with Crippen molar-refractivity contribution in [2.24, 2.45) is 0 Å². The number of pyridine rings is 1. The van der Waals surface area contributed by atoms with Gasteiger partial charge in [0.05, 0.1) is 34.5 Å². The second-order valence-electron chi connectivity index (χ2n) is 22.8. The van der Waals surface area contributed by atoms with E-state index in [0.29, 0.717) is 22.5 Å². The van der Waals surface area contributed by atoms with Gasteiger partial charge in [0.25, 0.3) is 6.33 Å². The van der Waals surface area contributed by atoms with Gasteiger partial charge in [-0.2, -0.15) is 18.2 Å². The molecule has 386 valence electrons. The predicted octanol–water partition coefficient (Wildman–Crippen LogP) is 18.1. The molecule has 13 rings (SSSR count). The number of aromatic nitrogens is 4. The molecule has 1 aliphatic heterocycles. The Hall–Kier alpha value is -8.11. The van der Waals surface area contributed by atoms with Crippen LogP contribution in [0, 0.1) is 18.5 Å². The first-order valence-corrected chi connectivity index (χ1v) is 25.7. The summed E-state index contributed by atoms with van der Waals surface area (Å²) in [5.74, 6) is 1.36. The molecule has 9 aromatic carbocycles. The summed E-state index contributed by atoms with van der Waals surface area (Å²) in [7, 11) is 0. The van der Waals surface area contributed by atoms with E-state index in [0.717, 1.165) is 49.9 Å². The van der Waals surface area contributed by atoms with Crippen LogP contribution in [0.1, 0.15) is 96.8 Å². The van der Waals surface area contributed by atoms with E-state index in [4.69, 9.17) is 15.2 Å². The van der Waals surface area contributed by atoms with Gasteiger partial charge in [-0.3, -0.25) is 4.57 Å². The van der Waals surface area contributed by atoms with Crippen LogP contribution < -0.4 is 9.30 Å². The molecule has 0 radical (unpaired) electrons. The van der Waals surface area contributed by atoms with Crippen LogP contribution in [-0.2, 0) is 37.3 Å². The Kier molecular flexibility index (Phi) is 9.22. The molecule has 78 heavy (non-hydrogen) atoms. The van der Waals surface area contributed by atoms with Gasteiger partial charge in [-0.1, -0.05) is 207 Å². The van der Waals surface area contributed by atoms with Gasteiger partial charge in [-0.25, -0.2) is 4.98 Å². The fraction of sp³-hybridized carbons (Fsp3) is 0.167. The largest absolute Gasteiger partial charge is 0.510 e. The molecule has 0 bridgehead atoms. The summed E-state index contributed by atoms with van der Waals surface area (Å²) < 4.78 is 134. The number of nitrogens with zero attached hydrogens (tertiary/aromatic N) is 4. The Morgan fingerprint density at radius 3 is 1.78 bits per heavy atom. The van der Waals surface area contributed by atoms with Gasteiger partial charge in [0.15, 0.2) is 0 Å². The van der Waals surface area contributed by atoms with Crippen molar-refractivity contribution >= 4 is 32.8 Å². The maximum atomic E-state index is 10.0. The van der Waals surface area contributed by atoms with Crippen molar-refractivity contribution in [3.8, 4) is 84.3 Å². The van der Waals surface area contributed by atoms with Crippen LogP contribution in [0.4, 0.5) is 0 Å². The maximum Gasteiger partial charge on any atom is 0.268 e. The summed E-state index contributed by atoms with van der Waals surface area (Å²) in [6.45, 7) is 19.3.